The monoisotopic (exact) mass is 848 g/mol. The minimum Gasteiger partial charge on any atom is -0.459 e. The summed E-state index contributed by atoms with van der Waals surface area (Å²) in [4.78, 5) is 24.4. The van der Waals surface area contributed by atoms with Crippen molar-refractivity contribution < 1.29 is 63.6 Å². The number of likely N-dealkylation sites (N-methyl/N-ethyl adjacent to an activating group) is 2. The molecule has 346 valence electrons. The first-order valence-corrected chi connectivity index (χ1v) is 21.8. The summed E-state index contributed by atoms with van der Waals surface area (Å²) in [5, 5.41) is 64.0. The number of esters is 1. The van der Waals surface area contributed by atoms with Gasteiger partial charge in [0.2, 0.25) is 0 Å². The summed E-state index contributed by atoms with van der Waals surface area (Å²) in [7, 11) is 5.25. The molecule has 3 fully saturated rings. The first kappa shape index (κ1) is 51.8. The lowest BCUT2D eigenvalue weighted by molar-refractivity contribution is -0.317. The van der Waals surface area contributed by atoms with Crippen LogP contribution in [-0.4, -0.2) is 179 Å². The van der Waals surface area contributed by atoms with Gasteiger partial charge < -0.3 is 68.6 Å². The molecule has 18 atom stereocenters. The van der Waals surface area contributed by atoms with Gasteiger partial charge in [-0.25, -0.2) is 0 Å². The zero-order valence-electron chi connectivity index (χ0n) is 38.7. The van der Waals surface area contributed by atoms with Crippen molar-refractivity contribution in [2.75, 3.05) is 47.4 Å². The van der Waals surface area contributed by atoms with Crippen LogP contribution in [0.1, 0.15) is 109 Å². The molecule has 3 rings (SSSR count). The number of nitrogens with zero attached hydrogens (tertiary/aromatic N) is 3. The number of hydrogen-bond donors (Lipinski definition) is 5. The van der Waals surface area contributed by atoms with Gasteiger partial charge in [-0.15, -0.1) is 0 Å². The topological polar surface area (TPSA) is 202 Å². The minimum atomic E-state index is -1.93. The Bertz CT molecular complexity index is 1330. The lowest BCUT2D eigenvalue weighted by Crippen LogP contribution is -2.61. The lowest BCUT2D eigenvalue weighted by Gasteiger charge is -2.49. The smallest absolute Gasteiger partial charge is 0.311 e. The summed E-state index contributed by atoms with van der Waals surface area (Å²) in [6.45, 7) is 23.9. The minimum absolute atomic E-state index is 0.0164. The van der Waals surface area contributed by atoms with Crippen LogP contribution in [0.25, 0.3) is 0 Å². The van der Waals surface area contributed by atoms with E-state index in [1.54, 1.807) is 48.5 Å². The van der Waals surface area contributed by atoms with Crippen LogP contribution in [0, 0.1) is 23.7 Å². The predicted molar refractivity (Wildman–Crippen MR) is 222 cm³/mol. The van der Waals surface area contributed by atoms with Crippen LogP contribution in [0.2, 0.25) is 0 Å². The number of cyclic esters (lactones) is 1. The highest BCUT2D eigenvalue weighted by molar-refractivity contribution is 5.88. The molecule has 16 nitrogen and oxygen atoms in total. The van der Waals surface area contributed by atoms with Gasteiger partial charge in [-0.1, -0.05) is 46.7 Å². The molecular formula is C43H81N3O13. The molecule has 3 aliphatic rings. The zero-order valence-corrected chi connectivity index (χ0v) is 38.7. The Balaban J connectivity index is 2.23. The Kier molecular flexibility index (Phi) is 19.1. The van der Waals surface area contributed by atoms with Crippen molar-refractivity contribution in [3.63, 3.8) is 0 Å². The molecule has 0 aromatic carbocycles. The maximum absolute atomic E-state index is 14.4. The SMILES string of the molecule is CC[C@H]1OC(=O)C(C)[C@H](O[C@H]2C[C@@](C)(OC)[C@@H](O)[C@@H](C)O2)C(C)[C@@H](O[C@H]2O[C@@H](C)CC(N(C)C)[C@H]2O)[C@](C)(O)C[C@@H](C)/C(=N/OCCN(CC)CC)[C@@H](C)[C@@H](O)[C@]1(C)O. The highest BCUT2D eigenvalue weighted by Gasteiger charge is 2.53. The van der Waals surface area contributed by atoms with Gasteiger partial charge in [-0.3, -0.25) is 4.79 Å². The van der Waals surface area contributed by atoms with Crippen LogP contribution in [0.15, 0.2) is 5.16 Å². The van der Waals surface area contributed by atoms with Crippen LogP contribution >= 0.6 is 0 Å². The van der Waals surface area contributed by atoms with Crippen LogP contribution < -0.4 is 0 Å². The van der Waals surface area contributed by atoms with Crippen molar-refractivity contribution in [2.24, 2.45) is 28.8 Å². The average Bonchev–Trinajstić information content (AvgIpc) is 3.17. The van der Waals surface area contributed by atoms with E-state index in [2.05, 4.69) is 23.9 Å². The molecule has 0 aliphatic carbocycles. The van der Waals surface area contributed by atoms with E-state index in [1.165, 1.54) is 14.0 Å². The second kappa shape index (κ2) is 21.7. The van der Waals surface area contributed by atoms with Gasteiger partial charge in [-0.2, -0.15) is 0 Å². The maximum Gasteiger partial charge on any atom is 0.311 e. The van der Waals surface area contributed by atoms with E-state index in [0.717, 1.165) is 13.1 Å². The van der Waals surface area contributed by atoms with Crippen molar-refractivity contribution in [1.29, 1.82) is 0 Å². The number of carbonyl (C=O) groups excluding carboxylic acids is 1. The van der Waals surface area contributed by atoms with Crippen molar-refractivity contribution >= 4 is 11.7 Å². The standard InChI is InChI=1S/C43H81N3O13/c1-16-31-43(12,52)36(48)26(6)33(44-54-20-19-46(17-2)18-3)24(4)22-41(10,51)38(59-40-34(47)30(45(13)14)21-25(5)55-40)27(7)35(28(8)39(50)57-31)58-32-23-42(11,53-15)37(49)29(9)56-32/h24-32,34-38,40,47-49,51-52H,16-23H2,1-15H3/b44-33-/t24-,25+,26-,27?,28?,29-,30?,31-,32+,34-,35-,36-,37+,38-,40-,41-,42-,43-/m1/s1. The molecule has 16 heteroatoms. The molecule has 0 bridgehead atoms. The molecule has 0 radical (unpaired) electrons. The summed E-state index contributed by atoms with van der Waals surface area (Å²) >= 11 is 0. The third-order valence-electron chi connectivity index (χ3n) is 13.4. The number of carbonyl (C=O) groups is 1. The number of aliphatic hydroxyl groups excluding tert-OH is 3. The third-order valence-corrected chi connectivity index (χ3v) is 13.4. The van der Waals surface area contributed by atoms with Crippen LogP contribution in [0.3, 0.4) is 0 Å². The fourth-order valence-electron chi connectivity index (χ4n) is 9.42. The summed E-state index contributed by atoms with van der Waals surface area (Å²) in [5.41, 5.74) is -4.32. The summed E-state index contributed by atoms with van der Waals surface area (Å²) in [6.07, 6.45) is -9.19. The Hall–Kier alpha value is -1.54. The quantitative estimate of drug-likeness (QED) is 0.103. The number of ether oxygens (including phenoxy) is 6. The second-order valence-corrected chi connectivity index (χ2v) is 18.4. The fourth-order valence-corrected chi connectivity index (χ4v) is 9.42. The van der Waals surface area contributed by atoms with Crippen LogP contribution in [0.4, 0.5) is 0 Å². The van der Waals surface area contributed by atoms with E-state index in [0.29, 0.717) is 18.7 Å². The Morgan fingerprint density at radius 1 is 0.881 bits per heavy atom. The van der Waals surface area contributed by atoms with Gasteiger partial charge in [-0.05, 0) is 88.0 Å². The number of aliphatic hydroxyl groups is 5. The molecule has 3 heterocycles. The molecule has 3 aliphatic heterocycles. The molecule has 59 heavy (non-hydrogen) atoms. The van der Waals surface area contributed by atoms with Crippen molar-refractivity contribution in [2.45, 2.75) is 193 Å². The Labute approximate surface area is 353 Å². The zero-order chi connectivity index (χ0) is 44.8. The second-order valence-electron chi connectivity index (χ2n) is 18.4. The van der Waals surface area contributed by atoms with Gasteiger partial charge in [0.1, 0.15) is 30.5 Å². The van der Waals surface area contributed by atoms with Crippen LogP contribution in [-0.2, 0) is 38.1 Å². The van der Waals surface area contributed by atoms with Gasteiger partial charge >= 0.3 is 5.97 Å². The molecule has 0 saturated carbocycles. The molecule has 0 spiro atoms. The highest BCUT2D eigenvalue weighted by Crippen LogP contribution is 2.41. The molecule has 0 amide bonds. The third kappa shape index (κ3) is 12.3. The normalized spacial score (nSPS) is 45.4. The fraction of sp³-hybridized carbons (Fsp3) is 0.953. The van der Waals surface area contributed by atoms with Crippen molar-refractivity contribution in [3.05, 3.63) is 0 Å². The van der Waals surface area contributed by atoms with Gasteiger partial charge in [0.25, 0.3) is 0 Å². The van der Waals surface area contributed by atoms with Crippen molar-refractivity contribution in [1.82, 2.24) is 9.80 Å². The summed E-state index contributed by atoms with van der Waals surface area (Å²) in [6, 6.07) is -0.314. The number of methoxy groups -OCH3 is 1. The maximum atomic E-state index is 14.4. The number of hydrogen-bond acceptors (Lipinski definition) is 16. The Morgan fingerprint density at radius 3 is 2.07 bits per heavy atom. The Morgan fingerprint density at radius 2 is 1.51 bits per heavy atom. The first-order chi connectivity index (χ1) is 27.4. The molecular weight excluding hydrogens is 766 g/mol. The summed E-state index contributed by atoms with van der Waals surface area (Å²) < 4.78 is 37.8. The molecule has 0 aromatic rings. The number of oxime groups is 1. The van der Waals surface area contributed by atoms with Crippen molar-refractivity contribution in [3.8, 4) is 0 Å². The number of rotatable bonds is 13. The van der Waals surface area contributed by atoms with E-state index >= 15 is 0 Å². The molecule has 5 N–H and O–H groups in total. The largest absolute Gasteiger partial charge is 0.459 e. The van der Waals surface area contributed by atoms with Gasteiger partial charge in [0, 0.05) is 43.9 Å². The molecule has 0 aromatic heterocycles. The van der Waals surface area contributed by atoms with Crippen LogP contribution in [0.5, 0.6) is 0 Å². The predicted octanol–water partition coefficient (Wildman–Crippen LogP) is 2.93. The van der Waals surface area contributed by atoms with E-state index in [9.17, 15) is 30.3 Å². The van der Waals surface area contributed by atoms with E-state index < -0.39 is 102 Å². The van der Waals surface area contributed by atoms with E-state index in [-0.39, 0.29) is 38.0 Å². The summed E-state index contributed by atoms with van der Waals surface area (Å²) in [5.74, 6) is -3.96. The van der Waals surface area contributed by atoms with Gasteiger partial charge in [0.05, 0.1) is 53.4 Å². The molecule has 3 saturated heterocycles. The molecule has 3 unspecified atom stereocenters. The first-order valence-electron chi connectivity index (χ1n) is 21.8. The van der Waals surface area contributed by atoms with E-state index in [4.69, 9.17) is 33.3 Å². The van der Waals surface area contributed by atoms with Gasteiger partial charge in [0.15, 0.2) is 12.6 Å². The average molecular weight is 848 g/mol. The lowest BCUT2D eigenvalue weighted by atomic mass is 9.73. The highest BCUT2D eigenvalue weighted by atomic mass is 16.7. The van der Waals surface area contributed by atoms with E-state index in [1.807, 2.05) is 32.8 Å².